The molecular weight excluding hydrogens is 364 g/mol. The van der Waals surface area contributed by atoms with Gasteiger partial charge < -0.3 is 20.3 Å². The van der Waals surface area contributed by atoms with Crippen molar-refractivity contribution >= 4 is 28.8 Å². The third-order valence-electron chi connectivity index (χ3n) is 4.35. The lowest BCUT2D eigenvalue weighted by Gasteiger charge is -2.30. The first-order chi connectivity index (χ1) is 13.7. The summed E-state index contributed by atoms with van der Waals surface area (Å²) >= 11 is 0. The number of halogens is 2. The van der Waals surface area contributed by atoms with E-state index in [0.717, 1.165) is 36.6 Å². The summed E-state index contributed by atoms with van der Waals surface area (Å²) in [6, 6.07) is 13.2. The van der Waals surface area contributed by atoms with Crippen LogP contribution in [0.15, 0.2) is 54.7 Å². The van der Waals surface area contributed by atoms with E-state index in [-0.39, 0.29) is 0 Å². The lowest BCUT2D eigenvalue weighted by molar-refractivity contribution is 0.123. The quantitative estimate of drug-likeness (QED) is 0.692. The zero-order chi connectivity index (χ0) is 19.3. The van der Waals surface area contributed by atoms with Crippen molar-refractivity contribution in [2.75, 3.05) is 41.8 Å². The topological polar surface area (TPSA) is 62.3 Å². The first-order valence-corrected chi connectivity index (χ1v) is 8.93. The van der Waals surface area contributed by atoms with Crippen LogP contribution in [-0.4, -0.2) is 36.3 Å². The molecule has 4 rings (SSSR count). The molecule has 2 N–H and O–H groups in total. The van der Waals surface area contributed by atoms with Crippen molar-refractivity contribution in [1.82, 2.24) is 9.97 Å². The zero-order valence-corrected chi connectivity index (χ0v) is 15.0. The Morgan fingerprint density at radius 3 is 2.57 bits per heavy atom. The van der Waals surface area contributed by atoms with Crippen molar-refractivity contribution in [3.63, 3.8) is 0 Å². The third-order valence-corrected chi connectivity index (χ3v) is 4.35. The smallest absolute Gasteiger partial charge is 0.229 e. The van der Waals surface area contributed by atoms with Gasteiger partial charge in [0.25, 0.3) is 0 Å². The monoisotopic (exact) mass is 383 g/mol. The molecule has 0 aliphatic carbocycles. The molecule has 0 atom stereocenters. The Labute approximate surface area is 161 Å². The number of anilines is 5. The molecule has 1 aliphatic rings. The average molecular weight is 383 g/mol. The number of nitrogens with one attached hydrogen (secondary N) is 2. The summed E-state index contributed by atoms with van der Waals surface area (Å²) in [6.45, 7) is 3.02. The fourth-order valence-electron chi connectivity index (χ4n) is 2.99. The van der Waals surface area contributed by atoms with Crippen LogP contribution >= 0.6 is 0 Å². The minimum atomic E-state index is -0.920. The molecule has 3 aromatic rings. The second kappa shape index (κ2) is 8.18. The number of hydrogen-bond donors (Lipinski definition) is 2. The van der Waals surface area contributed by atoms with Crippen LogP contribution in [-0.2, 0) is 4.74 Å². The van der Waals surface area contributed by atoms with E-state index >= 15 is 0 Å². The van der Waals surface area contributed by atoms with E-state index in [1.54, 1.807) is 12.3 Å². The number of para-hydroxylation sites is 2. The van der Waals surface area contributed by atoms with Gasteiger partial charge in [-0.05, 0) is 30.3 Å². The molecule has 1 saturated heterocycles. The van der Waals surface area contributed by atoms with Gasteiger partial charge in [0.1, 0.15) is 5.82 Å². The maximum absolute atomic E-state index is 13.4. The minimum Gasteiger partial charge on any atom is -0.378 e. The van der Waals surface area contributed by atoms with Gasteiger partial charge in [0, 0.05) is 31.0 Å². The zero-order valence-electron chi connectivity index (χ0n) is 15.0. The molecule has 0 bridgehead atoms. The Balaban J connectivity index is 1.53. The van der Waals surface area contributed by atoms with E-state index in [4.69, 9.17) is 4.74 Å². The van der Waals surface area contributed by atoms with Crippen molar-refractivity contribution < 1.29 is 13.5 Å². The van der Waals surface area contributed by atoms with E-state index in [1.165, 1.54) is 6.07 Å². The molecular formula is C20H19F2N5O. The van der Waals surface area contributed by atoms with Crippen LogP contribution in [0.25, 0.3) is 0 Å². The molecule has 1 fully saturated rings. The van der Waals surface area contributed by atoms with Gasteiger partial charge in [-0.25, -0.2) is 13.8 Å². The summed E-state index contributed by atoms with van der Waals surface area (Å²) in [6.07, 6.45) is 1.59. The molecule has 144 valence electrons. The average Bonchev–Trinajstić information content (AvgIpc) is 2.72. The fraction of sp³-hybridized carbons (Fsp3) is 0.200. The lowest BCUT2D eigenvalue weighted by Crippen LogP contribution is -2.36. The highest BCUT2D eigenvalue weighted by atomic mass is 19.2. The molecule has 0 amide bonds. The van der Waals surface area contributed by atoms with E-state index in [0.29, 0.717) is 30.7 Å². The van der Waals surface area contributed by atoms with Gasteiger partial charge in [-0.2, -0.15) is 4.98 Å². The van der Waals surface area contributed by atoms with Crippen LogP contribution in [0.2, 0.25) is 0 Å². The second-order valence-corrected chi connectivity index (χ2v) is 6.26. The third kappa shape index (κ3) is 4.17. The predicted molar refractivity (Wildman–Crippen MR) is 104 cm³/mol. The molecule has 28 heavy (non-hydrogen) atoms. The maximum Gasteiger partial charge on any atom is 0.229 e. The largest absolute Gasteiger partial charge is 0.378 e. The van der Waals surface area contributed by atoms with E-state index in [9.17, 15) is 8.78 Å². The van der Waals surface area contributed by atoms with E-state index in [1.807, 2.05) is 24.3 Å². The van der Waals surface area contributed by atoms with Crippen LogP contribution in [0.3, 0.4) is 0 Å². The van der Waals surface area contributed by atoms with Crippen molar-refractivity contribution in [2.24, 2.45) is 0 Å². The number of aromatic nitrogens is 2. The Morgan fingerprint density at radius 2 is 1.75 bits per heavy atom. The molecule has 2 aromatic carbocycles. The van der Waals surface area contributed by atoms with Gasteiger partial charge in [-0.15, -0.1) is 0 Å². The van der Waals surface area contributed by atoms with Crippen LogP contribution in [0, 0.1) is 11.6 Å². The maximum atomic E-state index is 13.4. The van der Waals surface area contributed by atoms with Gasteiger partial charge in [-0.3, -0.25) is 0 Å². The van der Waals surface area contributed by atoms with Crippen LogP contribution in [0.4, 0.5) is 37.6 Å². The molecule has 6 nitrogen and oxygen atoms in total. The first-order valence-electron chi connectivity index (χ1n) is 8.93. The number of nitrogens with zero attached hydrogens (tertiary/aromatic N) is 3. The van der Waals surface area contributed by atoms with Gasteiger partial charge in [0.15, 0.2) is 11.6 Å². The first kappa shape index (κ1) is 18.1. The number of hydrogen-bond acceptors (Lipinski definition) is 6. The van der Waals surface area contributed by atoms with Crippen molar-refractivity contribution in [2.45, 2.75) is 0 Å². The number of rotatable bonds is 5. The highest BCUT2D eigenvalue weighted by Crippen LogP contribution is 2.28. The minimum absolute atomic E-state index is 0.397. The van der Waals surface area contributed by atoms with Crippen LogP contribution in [0.1, 0.15) is 0 Å². The standard InChI is InChI=1S/C20H19F2N5O/c21-15-6-5-14(13-16(15)22)24-19-7-8-23-20(26-19)25-17-3-1-2-4-18(17)27-9-11-28-12-10-27/h1-8,13H,9-12H2,(H2,23,24,25,26). The fourth-order valence-corrected chi connectivity index (χ4v) is 2.99. The molecule has 1 aliphatic heterocycles. The molecule has 0 saturated carbocycles. The Morgan fingerprint density at radius 1 is 0.929 bits per heavy atom. The summed E-state index contributed by atoms with van der Waals surface area (Å²) in [5, 5.41) is 6.19. The van der Waals surface area contributed by atoms with Crippen molar-refractivity contribution in [1.29, 1.82) is 0 Å². The Bertz CT molecular complexity index is 963. The highest BCUT2D eigenvalue weighted by Gasteiger charge is 2.15. The number of ether oxygens (including phenoxy) is 1. The molecule has 1 aromatic heterocycles. The second-order valence-electron chi connectivity index (χ2n) is 6.26. The van der Waals surface area contributed by atoms with Gasteiger partial charge in [0.2, 0.25) is 5.95 Å². The lowest BCUT2D eigenvalue weighted by atomic mass is 10.2. The van der Waals surface area contributed by atoms with Crippen LogP contribution in [0.5, 0.6) is 0 Å². The summed E-state index contributed by atoms with van der Waals surface area (Å²) in [4.78, 5) is 10.9. The van der Waals surface area contributed by atoms with Crippen molar-refractivity contribution in [3.05, 3.63) is 66.4 Å². The summed E-state index contributed by atoms with van der Waals surface area (Å²) in [5.41, 5.74) is 2.33. The molecule has 0 unspecified atom stereocenters. The predicted octanol–water partition coefficient (Wildman–Crippen LogP) is 4.08. The molecule has 8 heteroatoms. The highest BCUT2D eigenvalue weighted by molar-refractivity contribution is 5.74. The SMILES string of the molecule is Fc1ccc(Nc2ccnc(Nc3ccccc3N3CCOCC3)n2)cc1F. The van der Waals surface area contributed by atoms with E-state index in [2.05, 4.69) is 25.5 Å². The molecule has 0 spiro atoms. The van der Waals surface area contributed by atoms with Gasteiger partial charge in [0.05, 0.1) is 24.6 Å². The normalized spacial score (nSPS) is 14.0. The Kier molecular flexibility index (Phi) is 5.29. The van der Waals surface area contributed by atoms with Gasteiger partial charge in [-0.1, -0.05) is 12.1 Å². The Hall–Kier alpha value is -3.26. The summed E-state index contributed by atoms with van der Waals surface area (Å²) in [5.74, 6) is -0.951. The molecule has 2 heterocycles. The van der Waals surface area contributed by atoms with Crippen LogP contribution < -0.4 is 15.5 Å². The van der Waals surface area contributed by atoms with Gasteiger partial charge >= 0.3 is 0 Å². The molecule has 0 radical (unpaired) electrons. The number of morpholine rings is 1. The van der Waals surface area contributed by atoms with E-state index < -0.39 is 11.6 Å². The van der Waals surface area contributed by atoms with Crippen molar-refractivity contribution in [3.8, 4) is 0 Å². The summed E-state index contributed by atoms with van der Waals surface area (Å²) in [7, 11) is 0. The summed E-state index contributed by atoms with van der Waals surface area (Å²) < 4.78 is 31.9. The number of benzene rings is 2.